The summed E-state index contributed by atoms with van der Waals surface area (Å²) in [7, 11) is 0. The Morgan fingerprint density at radius 3 is 2.52 bits per heavy atom. The number of nitriles is 1. The van der Waals surface area contributed by atoms with E-state index in [1.54, 1.807) is 6.07 Å². The predicted octanol–water partition coefficient (Wildman–Crippen LogP) is 5.14. The zero-order valence-corrected chi connectivity index (χ0v) is 11.9. The third-order valence-electron chi connectivity index (χ3n) is 2.69. The molecule has 0 N–H and O–H groups in total. The Bertz CT molecular complexity index is 721. The first-order valence-electron chi connectivity index (χ1n) is 5.72. The van der Waals surface area contributed by atoms with Crippen LogP contribution in [0.2, 0.25) is 10.0 Å². The van der Waals surface area contributed by atoms with Crippen LogP contribution in [0, 0.1) is 11.3 Å². The van der Waals surface area contributed by atoms with Crippen molar-refractivity contribution in [3.63, 3.8) is 0 Å². The molecule has 2 rings (SSSR count). The average Bonchev–Trinajstić information content (AvgIpc) is 2.41. The van der Waals surface area contributed by atoms with E-state index in [4.69, 9.17) is 28.5 Å². The molecule has 0 bridgehead atoms. The molecule has 0 saturated heterocycles. The van der Waals surface area contributed by atoms with E-state index in [1.165, 1.54) is 18.2 Å². The van der Waals surface area contributed by atoms with Crippen molar-refractivity contribution in [3.05, 3.63) is 51.6 Å². The highest BCUT2D eigenvalue weighted by atomic mass is 35.5. The summed E-state index contributed by atoms with van der Waals surface area (Å²) in [5.41, 5.74) is -0.538. The molecule has 108 valence electrons. The van der Waals surface area contributed by atoms with Crippen LogP contribution in [-0.4, -0.2) is 4.98 Å². The summed E-state index contributed by atoms with van der Waals surface area (Å²) in [4.78, 5) is 3.58. The minimum atomic E-state index is -4.61. The number of hydrogen-bond acceptors (Lipinski definition) is 2. The van der Waals surface area contributed by atoms with Crippen molar-refractivity contribution in [2.75, 3.05) is 0 Å². The van der Waals surface area contributed by atoms with E-state index >= 15 is 0 Å². The molecular formula is C14H7Cl2F3N2. The van der Waals surface area contributed by atoms with Gasteiger partial charge in [-0.05, 0) is 23.8 Å². The molecule has 7 heteroatoms. The number of aromatic nitrogens is 1. The van der Waals surface area contributed by atoms with E-state index in [1.807, 2.05) is 6.07 Å². The van der Waals surface area contributed by atoms with Gasteiger partial charge in [0.05, 0.1) is 28.2 Å². The quantitative estimate of drug-likeness (QED) is 0.764. The third-order valence-corrected chi connectivity index (χ3v) is 3.51. The summed E-state index contributed by atoms with van der Waals surface area (Å²) < 4.78 is 38.6. The van der Waals surface area contributed by atoms with Crippen molar-refractivity contribution in [1.82, 2.24) is 4.98 Å². The molecule has 0 amide bonds. The zero-order chi connectivity index (χ0) is 15.6. The zero-order valence-electron chi connectivity index (χ0n) is 10.4. The lowest BCUT2D eigenvalue weighted by Crippen LogP contribution is -2.09. The van der Waals surface area contributed by atoms with Gasteiger partial charge in [0.15, 0.2) is 0 Å². The van der Waals surface area contributed by atoms with Crippen LogP contribution < -0.4 is 0 Å². The second-order valence-corrected chi connectivity index (χ2v) is 4.97. The van der Waals surface area contributed by atoms with E-state index in [2.05, 4.69) is 4.98 Å². The van der Waals surface area contributed by atoms with Gasteiger partial charge in [0.2, 0.25) is 0 Å². The summed E-state index contributed by atoms with van der Waals surface area (Å²) >= 11 is 11.9. The van der Waals surface area contributed by atoms with E-state index in [0.717, 1.165) is 6.07 Å². The van der Waals surface area contributed by atoms with Crippen LogP contribution in [0.4, 0.5) is 13.2 Å². The standard InChI is InChI=1S/C14H7Cl2F3N2/c15-10-3-1-2-9(13(10)16)11-6-8(4-5-20)7-12(21-11)14(17,18)19/h1-3,6-7H,4H2. The van der Waals surface area contributed by atoms with Crippen LogP contribution >= 0.6 is 23.2 Å². The molecule has 0 aliphatic carbocycles. The van der Waals surface area contributed by atoms with Crippen LogP contribution in [-0.2, 0) is 12.6 Å². The lowest BCUT2D eigenvalue weighted by molar-refractivity contribution is -0.141. The predicted molar refractivity (Wildman–Crippen MR) is 74.0 cm³/mol. The molecule has 0 unspecified atom stereocenters. The van der Waals surface area contributed by atoms with Gasteiger partial charge in [0.1, 0.15) is 5.69 Å². The highest BCUT2D eigenvalue weighted by Gasteiger charge is 2.33. The Balaban J connectivity index is 2.66. The normalized spacial score (nSPS) is 11.2. The molecule has 0 spiro atoms. The van der Waals surface area contributed by atoms with Crippen LogP contribution in [0.5, 0.6) is 0 Å². The van der Waals surface area contributed by atoms with Crippen LogP contribution in [0.3, 0.4) is 0 Å². The van der Waals surface area contributed by atoms with Gasteiger partial charge in [-0.3, -0.25) is 0 Å². The number of halogens is 5. The maximum absolute atomic E-state index is 12.9. The number of pyridine rings is 1. The highest BCUT2D eigenvalue weighted by Crippen LogP contribution is 2.35. The van der Waals surface area contributed by atoms with Crippen molar-refractivity contribution in [2.45, 2.75) is 12.6 Å². The molecular weight excluding hydrogens is 324 g/mol. The number of hydrogen-bond donors (Lipinski definition) is 0. The van der Waals surface area contributed by atoms with Gasteiger partial charge in [-0.2, -0.15) is 18.4 Å². The minimum Gasteiger partial charge on any atom is -0.243 e. The van der Waals surface area contributed by atoms with Gasteiger partial charge < -0.3 is 0 Å². The molecule has 0 saturated carbocycles. The number of alkyl halides is 3. The van der Waals surface area contributed by atoms with E-state index in [0.29, 0.717) is 0 Å². The fraction of sp³-hybridized carbons (Fsp3) is 0.143. The molecule has 2 nitrogen and oxygen atoms in total. The lowest BCUT2D eigenvalue weighted by Gasteiger charge is -2.11. The Morgan fingerprint density at radius 2 is 1.90 bits per heavy atom. The average molecular weight is 331 g/mol. The van der Waals surface area contributed by atoms with Crippen molar-refractivity contribution in [1.29, 1.82) is 5.26 Å². The van der Waals surface area contributed by atoms with Crippen molar-refractivity contribution < 1.29 is 13.2 Å². The van der Waals surface area contributed by atoms with Gasteiger partial charge in [0.25, 0.3) is 0 Å². The summed E-state index contributed by atoms with van der Waals surface area (Å²) in [6, 6.07) is 8.67. The fourth-order valence-electron chi connectivity index (χ4n) is 1.77. The van der Waals surface area contributed by atoms with Gasteiger partial charge in [0, 0.05) is 5.56 Å². The Morgan fingerprint density at radius 1 is 1.19 bits per heavy atom. The summed E-state index contributed by atoms with van der Waals surface area (Å²) in [6.07, 6.45) is -4.76. The molecule has 1 aromatic heterocycles. The van der Waals surface area contributed by atoms with Crippen molar-refractivity contribution >= 4 is 23.2 Å². The second-order valence-electron chi connectivity index (χ2n) is 4.18. The van der Waals surface area contributed by atoms with Gasteiger partial charge in [-0.25, -0.2) is 4.98 Å². The molecule has 21 heavy (non-hydrogen) atoms. The van der Waals surface area contributed by atoms with Crippen LogP contribution in [0.15, 0.2) is 30.3 Å². The van der Waals surface area contributed by atoms with E-state index < -0.39 is 11.9 Å². The largest absolute Gasteiger partial charge is 0.433 e. The smallest absolute Gasteiger partial charge is 0.243 e. The Kier molecular flexibility index (Phi) is 4.40. The summed E-state index contributed by atoms with van der Waals surface area (Å²) in [5.74, 6) is 0. The fourth-order valence-corrected chi connectivity index (χ4v) is 2.16. The topological polar surface area (TPSA) is 36.7 Å². The maximum Gasteiger partial charge on any atom is 0.433 e. The minimum absolute atomic E-state index is 0.0302. The first-order valence-corrected chi connectivity index (χ1v) is 6.48. The Labute approximate surface area is 128 Å². The molecule has 2 aromatic rings. The first-order chi connectivity index (χ1) is 9.82. The van der Waals surface area contributed by atoms with Crippen molar-refractivity contribution in [2.24, 2.45) is 0 Å². The Hall–Kier alpha value is -1.77. The lowest BCUT2D eigenvalue weighted by atomic mass is 10.1. The summed E-state index contributed by atoms with van der Waals surface area (Å²) in [6.45, 7) is 0. The molecule has 0 aliphatic rings. The van der Waals surface area contributed by atoms with Crippen molar-refractivity contribution in [3.8, 4) is 17.3 Å². The first kappa shape index (κ1) is 15.6. The highest BCUT2D eigenvalue weighted by molar-refractivity contribution is 6.43. The monoisotopic (exact) mass is 330 g/mol. The van der Waals surface area contributed by atoms with E-state index in [-0.39, 0.29) is 33.3 Å². The number of rotatable bonds is 2. The molecule has 0 fully saturated rings. The number of benzene rings is 1. The molecule has 0 radical (unpaired) electrons. The van der Waals surface area contributed by atoms with Gasteiger partial charge >= 0.3 is 6.18 Å². The summed E-state index contributed by atoms with van der Waals surface area (Å²) in [5, 5.41) is 9.01. The number of nitrogens with zero attached hydrogens (tertiary/aromatic N) is 2. The van der Waals surface area contributed by atoms with Gasteiger partial charge in [-0.15, -0.1) is 0 Å². The molecule has 0 aliphatic heterocycles. The molecule has 1 heterocycles. The van der Waals surface area contributed by atoms with Crippen LogP contribution in [0.25, 0.3) is 11.3 Å². The SMILES string of the molecule is N#CCc1cc(-c2cccc(Cl)c2Cl)nc(C(F)(F)F)c1. The molecule has 0 atom stereocenters. The van der Waals surface area contributed by atoms with E-state index in [9.17, 15) is 13.2 Å². The van der Waals surface area contributed by atoms with Gasteiger partial charge in [-0.1, -0.05) is 35.3 Å². The second kappa shape index (κ2) is 5.92. The third kappa shape index (κ3) is 3.46. The maximum atomic E-state index is 12.9. The molecule has 1 aromatic carbocycles. The van der Waals surface area contributed by atoms with Crippen LogP contribution in [0.1, 0.15) is 11.3 Å².